The Hall–Kier alpha value is -1.16. The number of rotatable bonds is 1. The van der Waals surface area contributed by atoms with Gasteiger partial charge >= 0.3 is 0 Å². The van der Waals surface area contributed by atoms with Gasteiger partial charge in [-0.1, -0.05) is 20.8 Å². The third kappa shape index (κ3) is 2.26. The van der Waals surface area contributed by atoms with Crippen LogP contribution >= 0.6 is 11.3 Å². The highest BCUT2D eigenvalue weighted by Crippen LogP contribution is 2.31. The van der Waals surface area contributed by atoms with Gasteiger partial charge in [0, 0.05) is 4.88 Å². The molecular weight excluding hydrogens is 206 g/mol. The van der Waals surface area contributed by atoms with Gasteiger partial charge in [0.1, 0.15) is 17.0 Å². The normalized spacial score (nSPS) is 12.2. The number of thiophene rings is 1. The van der Waals surface area contributed by atoms with Crippen LogP contribution in [0.5, 0.6) is 0 Å². The van der Waals surface area contributed by atoms with Gasteiger partial charge in [0.2, 0.25) is 0 Å². The van der Waals surface area contributed by atoms with Crippen molar-refractivity contribution in [1.29, 1.82) is 0 Å². The zero-order valence-corrected chi connectivity index (χ0v) is 10.1. The molecule has 0 aliphatic heterocycles. The van der Waals surface area contributed by atoms with Crippen molar-refractivity contribution in [2.24, 2.45) is 5.41 Å². The molecule has 0 saturated carbocycles. The second kappa shape index (κ2) is 3.45. The van der Waals surface area contributed by atoms with Crippen molar-refractivity contribution in [1.82, 2.24) is 9.97 Å². The van der Waals surface area contributed by atoms with E-state index in [-0.39, 0.29) is 0 Å². The van der Waals surface area contributed by atoms with E-state index in [1.54, 1.807) is 11.3 Å². The number of hydrogen-bond donors (Lipinski definition) is 1. The largest absolute Gasteiger partial charge is 0.383 e. The maximum Gasteiger partial charge on any atom is 0.135 e. The van der Waals surface area contributed by atoms with E-state index in [1.807, 2.05) is 0 Å². The zero-order valence-electron chi connectivity index (χ0n) is 9.24. The molecule has 0 amide bonds. The Morgan fingerprint density at radius 2 is 2.07 bits per heavy atom. The minimum absolute atomic E-state index is 0.295. The van der Waals surface area contributed by atoms with Crippen molar-refractivity contribution in [3.05, 3.63) is 17.3 Å². The predicted molar refractivity (Wildman–Crippen MR) is 65.0 cm³/mol. The van der Waals surface area contributed by atoms with Crippen molar-refractivity contribution in [2.45, 2.75) is 27.2 Å². The van der Waals surface area contributed by atoms with Gasteiger partial charge in [-0.25, -0.2) is 9.97 Å². The Kier molecular flexibility index (Phi) is 2.38. The van der Waals surface area contributed by atoms with E-state index in [0.717, 1.165) is 16.6 Å². The monoisotopic (exact) mass is 221 g/mol. The number of hydrogen-bond acceptors (Lipinski definition) is 4. The van der Waals surface area contributed by atoms with Crippen LogP contribution in [0.15, 0.2) is 12.4 Å². The SMILES string of the molecule is CC(C)(C)Cc1cc2c(N)ncnc2s1. The molecule has 2 aromatic rings. The summed E-state index contributed by atoms with van der Waals surface area (Å²) in [6, 6.07) is 2.11. The van der Waals surface area contributed by atoms with Crippen LogP contribution in [0.4, 0.5) is 5.82 Å². The van der Waals surface area contributed by atoms with Crippen molar-refractivity contribution in [3.63, 3.8) is 0 Å². The first kappa shape index (κ1) is 10.4. The second-order valence-electron chi connectivity index (χ2n) is 4.93. The fraction of sp³-hybridized carbons (Fsp3) is 0.455. The van der Waals surface area contributed by atoms with Crippen molar-refractivity contribution in [2.75, 3.05) is 5.73 Å². The van der Waals surface area contributed by atoms with E-state index in [9.17, 15) is 0 Å². The average molecular weight is 221 g/mol. The van der Waals surface area contributed by atoms with E-state index < -0.39 is 0 Å². The van der Waals surface area contributed by atoms with Gasteiger partial charge in [0.05, 0.1) is 5.39 Å². The van der Waals surface area contributed by atoms with E-state index >= 15 is 0 Å². The van der Waals surface area contributed by atoms with Crippen LogP contribution in [-0.4, -0.2) is 9.97 Å². The Balaban J connectivity index is 2.44. The smallest absolute Gasteiger partial charge is 0.135 e. The van der Waals surface area contributed by atoms with Gasteiger partial charge in [-0.05, 0) is 17.9 Å². The zero-order chi connectivity index (χ0) is 11.1. The first-order valence-electron chi connectivity index (χ1n) is 4.94. The summed E-state index contributed by atoms with van der Waals surface area (Å²) in [6.45, 7) is 6.69. The number of nitrogens with zero attached hydrogens (tertiary/aromatic N) is 2. The number of nitrogen functional groups attached to an aromatic ring is 1. The van der Waals surface area contributed by atoms with Crippen LogP contribution in [0.1, 0.15) is 25.6 Å². The van der Waals surface area contributed by atoms with Crippen LogP contribution in [0, 0.1) is 5.41 Å². The van der Waals surface area contributed by atoms with Gasteiger partial charge in [0.15, 0.2) is 0 Å². The Labute approximate surface area is 93.4 Å². The summed E-state index contributed by atoms with van der Waals surface area (Å²) in [5, 5.41) is 0.988. The number of nitrogens with two attached hydrogens (primary N) is 1. The Morgan fingerprint density at radius 3 is 2.67 bits per heavy atom. The average Bonchev–Trinajstić information content (AvgIpc) is 2.45. The number of anilines is 1. The molecule has 2 aromatic heterocycles. The molecule has 2 N–H and O–H groups in total. The maximum atomic E-state index is 5.79. The second-order valence-corrected chi connectivity index (χ2v) is 6.04. The lowest BCUT2D eigenvalue weighted by Gasteiger charge is -2.15. The molecular formula is C11H15N3S. The first-order valence-corrected chi connectivity index (χ1v) is 5.76. The lowest BCUT2D eigenvalue weighted by molar-refractivity contribution is 0.415. The molecule has 0 aromatic carbocycles. The molecule has 0 saturated heterocycles. The van der Waals surface area contributed by atoms with E-state index in [4.69, 9.17) is 5.73 Å². The summed E-state index contributed by atoms with van der Waals surface area (Å²) in [4.78, 5) is 10.5. The molecule has 0 aliphatic rings. The van der Waals surface area contributed by atoms with E-state index in [2.05, 4.69) is 36.8 Å². The summed E-state index contributed by atoms with van der Waals surface area (Å²) < 4.78 is 0. The first-order chi connectivity index (χ1) is 6.96. The standard InChI is InChI=1S/C11H15N3S/c1-11(2,3)5-7-4-8-9(12)13-6-14-10(8)15-7/h4,6H,5H2,1-3H3,(H2,12,13,14). The minimum atomic E-state index is 0.295. The van der Waals surface area contributed by atoms with Crippen LogP contribution in [0.3, 0.4) is 0 Å². The van der Waals surface area contributed by atoms with E-state index in [1.165, 1.54) is 11.2 Å². The molecule has 80 valence electrons. The fourth-order valence-corrected chi connectivity index (χ4v) is 2.84. The van der Waals surface area contributed by atoms with Crippen LogP contribution < -0.4 is 5.73 Å². The third-order valence-corrected chi connectivity index (χ3v) is 3.16. The van der Waals surface area contributed by atoms with Gasteiger partial charge in [0.25, 0.3) is 0 Å². The molecule has 0 fully saturated rings. The van der Waals surface area contributed by atoms with Gasteiger partial charge in [-0.3, -0.25) is 0 Å². The highest BCUT2D eigenvalue weighted by molar-refractivity contribution is 7.18. The minimum Gasteiger partial charge on any atom is -0.383 e. The van der Waals surface area contributed by atoms with E-state index in [0.29, 0.717) is 11.2 Å². The molecule has 0 unspecified atom stereocenters. The molecule has 0 bridgehead atoms. The molecule has 0 spiro atoms. The van der Waals surface area contributed by atoms with Gasteiger partial charge < -0.3 is 5.73 Å². The molecule has 0 aliphatic carbocycles. The topological polar surface area (TPSA) is 51.8 Å². The highest BCUT2D eigenvalue weighted by Gasteiger charge is 2.14. The summed E-state index contributed by atoms with van der Waals surface area (Å²) in [6.07, 6.45) is 2.57. The molecule has 0 atom stereocenters. The molecule has 15 heavy (non-hydrogen) atoms. The summed E-state index contributed by atoms with van der Waals surface area (Å²) in [5.74, 6) is 0.580. The molecule has 2 rings (SSSR count). The van der Waals surface area contributed by atoms with Gasteiger partial charge in [-0.15, -0.1) is 11.3 Å². The maximum absolute atomic E-state index is 5.79. The summed E-state index contributed by atoms with van der Waals surface area (Å²) in [5.41, 5.74) is 6.08. The lowest BCUT2D eigenvalue weighted by Crippen LogP contribution is -2.07. The number of aromatic nitrogens is 2. The molecule has 2 heterocycles. The summed E-state index contributed by atoms with van der Waals surface area (Å²) >= 11 is 1.71. The van der Waals surface area contributed by atoms with Crippen LogP contribution in [0.2, 0.25) is 0 Å². The van der Waals surface area contributed by atoms with Crippen LogP contribution in [-0.2, 0) is 6.42 Å². The lowest BCUT2D eigenvalue weighted by atomic mass is 9.91. The quantitative estimate of drug-likeness (QED) is 0.805. The molecule has 4 heteroatoms. The third-order valence-electron chi connectivity index (χ3n) is 2.12. The van der Waals surface area contributed by atoms with Crippen molar-refractivity contribution in [3.8, 4) is 0 Å². The number of fused-ring (bicyclic) bond motifs is 1. The predicted octanol–water partition coefficient (Wildman–Crippen LogP) is 2.86. The van der Waals surface area contributed by atoms with Crippen molar-refractivity contribution >= 4 is 27.4 Å². The Morgan fingerprint density at radius 1 is 1.33 bits per heavy atom. The van der Waals surface area contributed by atoms with Crippen molar-refractivity contribution < 1.29 is 0 Å². The van der Waals surface area contributed by atoms with Gasteiger partial charge in [-0.2, -0.15) is 0 Å². The van der Waals surface area contributed by atoms with Crippen LogP contribution in [0.25, 0.3) is 10.2 Å². The molecule has 3 nitrogen and oxygen atoms in total. The Bertz CT molecular complexity index is 482. The molecule has 0 radical (unpaired) electrons. The summed E-state index contributed by atoms with van der Waals surface area (Å²) in [7, 11) is 0. The fourth-order valence-electron chi connectivity index (χ4n) is 1.53. The highest BCUT2D eigenvalue weighted by atomic mass is 32.1.